The van der Waals surface area contributed by atoms with Crippen LogP contribution in [0.3, 0.4) is 0 Å². The summed E-state index contributed by atoms with van der Waals surface area (Å²) < 4.78 is 26.9. The number of quaternary nitrogens is 1. The first-order valence-corrected chi connectivity index (χ1v) is 11.3. The van der Waals surface area contributed by atoms with Crippen molar-refractivity contribution in [2.75, 3.05) is 37.2 Å². The second kappa shape index (κ2) is 10.2. The van der Waals surface area contributed by atoms with Gasteiger partial charge in [-0.3, -0.25) is 4.72 Å². The monoisotopic (exact) mass is 369 g/mol. The van der Waals surface area contributed by atoms with Crippen molar-refractivity contribution in [1.82, 2.24) is 0 Å². The quantitative estimate of drug-likeness (QED) is 0.441. The van der Waals surface area contributed by atoms with E-state index in [9.17, 15) is 8.42 Å². The summed E-state index contributed by atoms with van der Waals surface area (Å²) in [6.07, 6.45) is 4.69. The molecule has 0 aliphatic carbocycles. The Morgan fingerprint density at radius 1 is 1.04 bits per heavy atom. The number of hydrogen-bond donors (Lipinski definition) is 1. The number of rotatable bonds is 12. The molecular weight excluding hydrogens is 332 g/mol. The van der Waals surface area contributed by atoms with Gasteiger partial charge in [0.2, 0.25) is 10.0 Å². The number of anilines is 1. The molecule has 0 fully saturated rings. The molecule has 0 bridgehead atoms. The third-order valence-electron chi connectivity index (χ3n) is 4.59. The Morgan fingerprint density at radius 3 is 2.20 bits per heavy atom. The van der Waals surface area contributed by atoms with E-state index in [1.807, 2.05) is 24.3 Å². The second-order valence-electron chi connectivity index (χ2n) is 7.80. The normalized spacial score (nSPS) is 14.5. The van der Waals surface area contributed by atoms with Gasteiger partial charge in [0, 0.05) is 11.6 Å². The van der Waals surface area contributed by atoms with Crippen molar-refractivity contribution in [2.45, 2.75) is 53.4 Å². The zero-order chi connectivity index (χ0) is 18.9. The SMILES string of the molecule is CCC[N+](C)(CCCCc1ccc(NS(=O)(=O)CC)cc1)CC(C)C. The van der Waals surface area contributed by atoms with Gasteiger partial charge in [-0.1, -0.05) is 32.9 Å². The summed E-state index contributed by atoms with van der Waals surface area (Å²) >= 11 is 0. The van der Waals surface area contributed by atoms with Gasteiger partial charge in [0.05, 0.1) is 32.4 Å². The van der Waals surface area contributed by atoms with Gasteiger partial charge in [-0.15, -0.1) is 0 Å². The third kappa shape index (κ3) is 8.73. The van der Waals surface area contributed by atoms with Crippen LogP contribution in [-0.4, -0.2) is 45.3 Å². The highest BCUT2D eigenvalue weighted by molar-refractivity contribution is 7.92. The molecule has 0 aromatic heterocycles. The Bertz CT molecular complexity index is 597. The molecule has 1 aromatic carbocycles. The summed E-state index contributed by atoms with van der Waals surface area (Å²) in [6.45, 7) is 12.3. The molecule has 1 unspecified atom stereocenters. The standard InChI is InChI=1S/C20H37N2O2S/c1-6-15-22(5,17-18(3)4)16-9-8-10-19-11-13-20(14-12-19)21-25(23,24)7-2/h11-14,18,21H,6-10,15-17H2,1-5H3/q+1. The number of sulfonamides is 1. The van der Waals surface area contributed by atoms with Crippen molar-refractivity contribution in [3.63, 3.8) is 0 Å². The number of aryl methyl sites for hydroxylation is 1. The minimum atomic E-state index is -3.19. The lowest BCUT2D eigenvalue weighted by molar-refractivity contribution is -0.912. The molecule has 0 heterocycles. The van der Waals surface area contributed by atoms with Crippen LogP contribution in [0.25, 0.3) is 0 Å². The van der Waals surface area contributed by atoms with E-state index in [2.05, 4.69) is 32.5 Å². The van der Waals surface area contributed by atoms with E-state index in [-0.39, 0.29) is 5.75 Å². The minimum absolute atomic E-state index is 0.0971. The predicted molar refractivity (Wildman–Crippen MR) is 108 cm³/mol. The number of hydrogen-bond acceptors (Lipinski definition) is 2. The summed E-state index contributed by atoms with van der Waals surface area (Å²) in [5.74, 6) is 0.830. The summed E-state index contributed by atoms with van der Waals surface area (Å²) in [6, 6.07) is 7.78. The number of unbranched alkanes of at least 4 members (excludes halogenated alkanes) is 1. The first-order chi connectivity index (χ1) is 11.7. The first-order valence-electron chi connectivity index (χ1n) is 9.62. The highest BCUT2D eigenvalue weighted by Crippen LogP contribution is 2.15. The summed E-state index contributed by atoms with van der Waals surface area (Å²) in [5.41, 5.74) is 1.92. The fourth-order valence-electron chi connectivity index (χ4n) is 3.53. The van der Waals surface area contributed by atoms with E-state index in [0.717, 1.165) is 12.3 Å². The van der Waals surface area contributed by atoms with E-state index in [0.29, 0.717) is 5.69 Å². The van der Waals surface area contributed by atoms with Crippen molar-refractivity contribution in [3.05, 3.63) is 29.8 Å². The molecule has 0 aliphatic heterocycles. The highest BCUT2D eigenvalue weighted by atomic mass is 32.2. The van der Waals surface area contributed by atoms with Crippen molar-refractivity contribution >= 4 is 15.7 Å². The molecular formula is C20H37N2O2S+. The van der Waals surface area contributed by atoms with Crippen molar-refractivity contribution < 1.29 is 12.9 Å². The Kier molecular flexibility index (Phi) is 8.94. The third-order valence-corrected chi connectivity index (χ3v) is 5.90. The summed E-state index contributed by atoms with van der Waals surface area (Å²) in [4.78, 5) is 0. The maximum Gasteiger partial charge on any atom is 0.232 e. The van der Waals surface area contributed by atoms with E-state index in [1.54, 1.807) is 6.92 Å². The van der Waals surface area contributed by atoms with Crippen LogP contribution in [-0.2, 0) is 16.4 Å². The number of benzene rings is 1. The zero-order valence-corrected chi connectivity index (χ0v) is 17.5. The van der Waals surface area contributed by atoms with Gasteiger partial charge < -0.3 is 4.48 Å². The number of nitrogens with one attached hydrogen (secondary N) is 1. The number of nitrogens with zero attached hydrogens (tertiary/aromatic N) is 1. The Labute approximate surface area is 155 Å². The van der Waals surface area contributed by atoms with Crippen LogP contribution in [0.2, 0.25) is 0 Å². The first kappa shape index (κ1) is 22.0. The molecule has 1 rings (SSSR count). The van der Waals surface area contributed by atoms with Gasteiger partial charge in [-0.2, -0.15) is 0 Å². The van der Waals surface area contributed by atoms with Gasteiger partial charge in [0.1, 0.15) is 0 Å². The maximum absolute atomic E-state index is 11.6. The van der Waals surface area contributed by atoms with Crippen LogP contribution >= 0.6 is 0 Å². The van der Waals surface area contributed by atoms with Gasteiger partial charge in [-0.25, -0.2) is 8.42 Å². The zero-order valence-electron chi connectivity index (χ0n) is 16.7. The average Bonchev–Trinajstić information content (AvgIpc) is 2.52. The summed E-state index contributed by atoms with van der Waals surface area (Å²) in [7, 11) is -0.803. The van der Waals surface area contributed by atoms with Gasteiger partial charge in [0.25, 0.3) is 0 Å². The molecule has 0 aliphatic rings. The second-order valence-corrected chi connectivity index (χ2v) is 9.81. The fraction of sp³-hybridized carbons (Fsp3) is 0.700. The van der Waals surface area contributed by atoms with Gasteiger partial charge >= 0.3 is 0 Å². The van der Waals surface area contributed by atoms with Crippen LogP contribution in [0.1, 0.15) is 52.5 Å². The van der Waals surface area contributed by atoms with E-state index in [1.165, 1.54) is 48.9 Å². The Morgan fingerprint density at radius 2 is 1.68 bits per heavy atom. The molecule has 1 atom stereocenters. The molecule has 1 aromatic rings. The molecule has 144 valence electrons. The molecule has 0 saturated carbocycles. The lowest BCUT2D eigenvalue weighted by Gasteiger charge is -2.36. The van der Waals surface area contributed by atoms with Crippen molar-refractivity contribution in [3.8, 4) is 0 Å². The largest absolute Gasteiger partial charge is 0.326 e. The van der Waals surface area contributed by atoms with E-state index in [4.69, 9.17) is 0 Å². The summed E-state index contributed by atoms with van der Waals surface area (Å²) in [5, 5.41) is 0. The maximum atomic E-state index is 11.6. The molecule has 0 saturated heterocycles. The molecule has 1 N–H and O–H groups in total. The predicted octanol–water partition coefficient (Wildman–Crippen LogP) is 4.28. The lowest BCUT2D eigenvalue weighted by Crippen LogP contribution is -2.47. The Balaban J connectivity index is 2.45. The molecule has 0 radical (unpaired) electrons. The van der Waals surface area contributed by atoms with Crippen LogP contribution in [0.15, 0.2) is 24.3 Å². The van der Waals surface area contributed by atoms with E-state index >= 15 is 0 Å². The lowest BCUT2D eigenvalue weighted by atomic mass is 10.1. The fourth-order valence-corrected chi connectivity index (χ4v) is 4.17. The minimum Gasteiger partial charge on any atom is -0.326 e. The molecule has 0 spiro atoms. The molecule has 5 heteroatoms. The average molecular weight is 370 g/mol. The van der Waals surface area contributed by atoms with Crippen LogP contribution in [0.4, 0.5) is 5.69 Å². The molecule has 25 heavy (non-hydrogen) atoms. The van der Waals surface area contributed by atoms with Crippen molar-refractivity contribution in [1.29, 1.82) is 0 Å². The van der Waals surface area contributed by atoms with Crippen LogP contribution in [0.5, 0.6) is 0 Å². The van der Waals surface area contributed by atoms with Crippen LogP contribution in [0, 0.1) is 5.92 Å². The smallest absolute Gasteiger partial charge is 0.232 e. The van der Waals surface area contributed by atoms with Crippen LogP contribution < -0.4 is 4.72 Å². The van der Waals surface area contributed by atoms with Gasteiger partial charge in [-0.05, 0) is 50.3 Å². The van der Waals surface area contributed by atoms with E-state index < -0.39 is 10.0 Å². The highest BCUT2D eigenvalue weighted by Gasteiger charge is 2.21. The Hall–Kier alpha value is -1.07. The topological polar surface area (TPSA) is 46.2 Å². The molecule has 0 amide bonds. The van der Waals surface area contributed by atoms with Gasteiger partial charge in [0.15, 0.2) is 0 Å². The molecule has 4 nitrogen and oxygen atoms in total. The van der Waals surface area contributed by atoms with Crippen molar-refractivity contribution in [2.24, 2.45) is 5.92 Å².